The Kier molecular flexibility index (Phi) is 5.82. The van der Waals surface area contributed by atoms with Crippen LogP contribution in [0.25, 0.3) is 11.5 Å². The van der Waals surface area contributed by atoms with Crippen LogP contribution in [0.1, 0.15) is 17.5 Å². The van der Waals surface area contributed by atoms with Gasteiger partial charge in [-0.25, -0.2) is 4.79 Å². The van der Waals surface area contributed by atoms with Crippen molar-refractivity contribution in [3.05, 3.63) is 89.3 Å². The Morgan fingerprint density at radius 2 is 1.67 bits per heavy atom. The number of rotatable bonds is 5. The molecule has 2 amide bonds. The average Bonchev–Trinajstić information content (AvgIpc) is 3.34. The van der Waals surface area contributed by atoms with Gasteiger partial charge in [-0.3, -0.25) is 0 Å². The van der Waals surface area contributed by atoms with Crippen LogP contribution in [0.2, 0.25) is 5.02 Å². The van der Waals surface area contributed by atoms with Gasteiger partial charge in [-0.2, -0.15) is 0 Å². The third kappa shape index (κ3) is 4.75. The van der Waals surface area contributed by atoms with Crippen molar-refractivity contribution in [2.45, 2.75) is 6.04 Å². The first-order valence-electron chi connectivity index (χ1n) is 10.3. The molecule has 4 aromatic rings. The Morgan fingerprint density at radius 3 is 2.45 bits per heavy atom. The van der Waals surface area contributed by atoms with E-state index in [1.54, 1.807) is 42.5 Å². The summed E-state index contributed by atoms with van der Waals surface area (Å²) in [5.74, 6) is 1.83. The fourth-order valence-corrected chi connectivity index (χ4v) is 3.54. The van der Waals surface area contributed by atoms with Crippen molar-refractivity contribution in [3.63, 3.8) is 0 Å². The number of hydrogen-bond donors (Lipinski definition) is 2. The van der Waals surface area contributed by atoms with Crippen LogP contribution >= 0.6 is 11.6 Å². The molecule has 166 valence electrons. The van der Waals surface area contributed by atoms with E-state index in [1.165, 1.54) is 0 Å². The zero-order valence-electron chi connectivity index (χ0n) is 17.3. The lowest BCUT2D eigenvalue weighted by Crippen LogP contribution is -2.33. The summed E-state index contributed by atoms with van der Waals surface area (Å²) < 4.78 is 17.0. The summed E-state index contributed by atoms with van der Waals surface area (Å²) >= 11 is 6.04. The highest BCUT2D eigenvalue weighted by Crippen LogP contribution is 2.33. The summed E-state index contributed by atoms with van der Waals surface area (Å²) in [6.07, 6.45) is 0. The molecule has 9 heteroatoms. The summed E-state index contributed by atoms with van der Waals surface area (Å²) in [5.41, 5.74) is 2.08. The molecule has 0 spiro atoms. The molecule has 1 aromatic heterocycles. The first-order valence-corrected chi connectivity index (χ1v) is 10.6. The third-order valence-electron chi connectivity index (χ3n) is 4.99. The molecule has 33 heavy (non-hydrogen) atoms. The van der Waals surface area contributed by atoms with Crippen LogP contribution in [0.3, 0.4) is 0 Å². The molecule has 0 radical (unpaired) electrons. The van der Waals surface area contributed by atoms with E-state index in [-0.39, 0.29) is 5.89 Å². The van der Waals surface area contributed by atoms with Crippen molar-refractivity contribution in [2.24, 2.45) is 0 Å². The van der Waals surface area contributed by atoms with Crippen molar-refractivity contribution < 1.29 is 18.7 Å². The lowest BCUT2D eigenvalue weighted by Gasteiger charge is -2.20. The van der Waals surface area contributed by atoms with Gasteiger partial charge < -0.3 is 24.5 Å². The second-order valence-corrected chi connectivity index (χ2v) is 7.69. The second kappa shape index (κ2) is 9.22. The van der Waals surface area contributed by atoms with Gasteiger partial charge in [-0.15, -0.1) is 10.2 Å². The molecule has 2 N–H and O–H groups in total. The molecular formula is C24H19ClN4O4. The van der Waals surface area contributed by atoms with E-state index in [4.69, 9.17) is 25.5 Å². The summed E-state index contributed by atoms with van der Waals surface area (Å²) in [6.45, 7) is 0.959. The largest absolute Gasteiger partial charge is 0.486 e. The standard InChI is InChI=1S/C24H19ClN4O4/c25-17-8-6-15(7-9-17)21(23-29-28-22(33-23)16-4-2-1-3-5-16)27-24(30)26-18-10-11-19-20(14-18)32-13-12-31-19/h1-11,14,21H,12-13H2,(H2,26,27,30). The molecular weight excluding hydrogens is 444 g/mol. The molecule has 0 saturated heterocycles. The van der Waals surface area contributed by atoms with E-state index in [1.807, 2.05) is 30.3 Å². The van der Waals surface area contributed by atoms with Gasteiger partial charge in [0.1, 0.15) is 19.3 Å². The number of urea groups is 1. The Bertz CT molecular complexity index is 1260. The fraction of sp³-hybridized carbons (Fsp3) is 0.125. The quantitative estimate of drug-likeness (QED) is 0.429. The Hall–Kier alpha value is -4.04. The third-order valence-corrected chi connectivity index (χ3v) is 5.24. The van der Waals surface area contributed by atoms with Gasteiger partial charge in [0, 0.05) is 22.3 Å². The zero-order chi connectivity index (χ0) is 22.6. The number of nitrogens with one attached hydrogen (secondary N) is 2. The second-order valence-electron chi connectivity index (χ2n) is 7.25. The Balaban J connectivity index is 1.39. The smallest absolute Gasteiger partial charge is 0.320 e. The highest BCUT2D eigenvalue weighted by molar-refractivity contribution is 6.30. The molecule has 5 rings (SSSR count). The number of carbonyl (C=O) groups is 1. The topological polar surface area (TPSA) is 98.5 Å². The minimum Gasteiger partial charge on any atom is -0.486 e. The summed E-state index contributed by atoms with van der Waals surface area (Å²) in [6, 6.07) is 20.5. The highest BCUT2D eigenvalue weighted by atomic mass is 35.5. The Labute approximate surface area is 194 Å². The average molecular weight is 463 g/mol. The first-order chi connectivity index (χ1) is 16.2. The summed E-state index contributed by atoms with van der Waals surface area (Å²) in [4.78, 5) is 12.9. The number of halogens is 1. The van der Waals surface area contributed by atoms with Gasteiger partial charge in [0.15, 0.2) is 11.5 Å². The SMILES string of the molecule is O=C(Nc1ccc2c(c1)OCCO2)NC(c1ccc(Cl)cc1)c1nnc(-c2ccccc2)o1. The maximum absolute atomic E-state index is 12.9. The van der Waals surface area contributed by atoms with Gasteiger partial charge in [-0.1, -0.05) is 41.9 Å². The number of carbonyl (C=O) groups excluding carboxylic acids is 1. The minimum atomic E-state index is -0.690. The molecule has 1 aliphatic heterocycles. The monoisotopic (exact) mass is 462 g/mol. The van der Waals surface area contributed by atoms with E-state index in [9.17, 15) is 4.79 Å². The van der Waals surface area contributed by atoms with Crippen molar-refractivity contribution in [2.75, 3.05) is 18.5 Å². The van der Waals surface area contributed by atoms with E-state index in [2.05, 4.69) is 20.8 Å². The van der Waals surface area contributed by atoms with Crippen LogP contribution < -0.4 is 20.1 Å². The Morgan fingerprint density at radius 1 is 0.909 bits per heavy atom. The van der Waals surface area contributed by atoms with Gasteiger partial charge in [0.05, 0.1) is 0 Å². The van der Waals surface area contributed by atoms with Crippen molar-refractivity contribution >= 4 is 23.3 Å². The number of benzene rings is 3. The summed E-state index contributed by atoms with van der Waals surface area (Å²) in [5, 5.41) is 14.6. The minimum absolute atomic E-state index is 0.244. The van der Waals surface area contributed by atoms with Crippen LogP contribution in [0.15, 0.2) is 77.2 Å². The van der Waals surface area contributed by atoms with Crippen LogP contribution in [-0.2, 0) is 0 Å². The molecule has 0 bridgehead atoms. The van der Waals surface area contributed by atoms with Gasteiger partial charge >= 0.3 is 6.03 Å². The van der Waals surface area contributed by atoms with Crippen molar-refractivity contribution in [1.82, 2.24) is 15.5 Å². The molecule has 0 saturated carbocycles. The maximum Gasteiger partial charge on any atom is 0.320 e. The molecule has 1 aliphatic rings. The van der Waals surface area contributed by atoms with Crippen LogP contribution in [-0.4, -0.2) is 29.4 Å². The predicted molar refractivity (Wildman–Crippen MR) is 123 cm³/mol. The van der Waals surface area contributed by atoms with E-state index in [0.29, 0.717) is 41.3 Å². The number of hydrogen-bond acceptors (Lipinski definition) is 6. The van der Waals surface area contributed by atoms with E-state index >= 15 is 0 Å². The molecule has 0 aliphatic carbocycles. The number of fused-ring (bicyclic) bond motifs is 1. The number of nitrogens with zero attached hydrogens (tertiary/aromatic N) is 2. The number of ether oxygens (including phenoxy) is 2. The lowest BCUT2D eigenvalue weighted by atomic mass is 10.1. The van der Waals surface area contributed by atoms with Crippen LogP contribution in [0.5, 0.6) is 11.5 Å². The van der Waals surface area contributed by atoms with E-state index in [0.717, 1.165) is 11.1 Å². The predicted octanol–water partition coefficient (Wildman–Crippen LogP) is 5.07. The number of anilines is 1. The number of amides is 2. The molecule has 0 fully saturated rings. The highest BCUT2D eigenvalue weighted by Gasteiger charge is 2.24. The molecule has 1 unspecified atom stereocenters. The number of aromatic nitrogens is 2. The molecule has 1 atom stereocenters. The van der Waals surface area contributed by atoms with Gasteiger partial charge in [0.25, 0.3) is 0 Å². The van der Waals surface area contributed by atoms with E-state index < -0.39 is 12.1 Å². The first kappa shape index (κ1) is 20.8. The lowest BCUT2D eigenvalue weighted by molar-refractivity contribution is 0.171. The zero-order valence-corrected chi connectivity index (χ0v) is 18.1. The molecule has 2 heterocycles. The summed E-state index contributed by atoms with van der Waals surface area (Å²) in [7, 11) is 0. The van der Waals surface area contributed by atoms with Crippen molar-refractivity contribution in [3.8, 4) is 23.0 Å². The molecule has 8 nitrogen and oxygen atoms in total. The van der Waals surface area contributed by atoms with Gasteiger partial charge in [-0.05, 0) is 42.0 Å². The van der Waals surface area contributed by atoms with Crippen LogP contribution in [0.4, 0.5) is 10.5 Å². The molecule has 3 aromatic carbocycles. The van der Waals surface area contributed by atoms with Crippen LogP contribution in [0, 0.1) is 0 Å². The van der Waals surface area contributed by atoms with Crippen molar-refractivity contribution in [1.29, 1.82) is 0 Å². The van der Waals surface area contributed by atoms with Gasteiger partial charge in [0.2, 0.25) is 11.8 Å². The maximum atomic E-state index is 12.9. The normalized spacial score (nSPS) is 13.2. The fourth-order valence-electron chi connectivity index (χ4n) is 3.41.